The first kappa shape index (κ1) is 14.3. The highest BCUT2D eigenvalue weighted by molar-refractivity contribution is 5.90. The predicted molar refractivity (Wildman–Crippen MR) is 68.8 cm³/mol. The van der Waals surface area contributed by atoms with E-state index < -0.39 is 5.97 Å². The molecule has 1 aromatic rings. The van der Waals surface area contributed by atoms with Crippen LogP contribution >= 0.6 is 0 Å². The molecule has 0 aliphatic rings. The van der Waals surface area contributed by atoms with E-state index in [1.807, 2.05) is 13.8 Å². The van der Waals surface area contributed by atoms with Crippen LogP contribution in [0.15, 0.2) is 18.2 Å². The fraction of sp³-hybridized carbons (Fsp3) is 0.462. The third-order valence-corrected chi connectivity index (χ3v) is 2.24. The Bertz CT molecular complexity index is 404. The Hall–Kier alpha value is -1.75. The zero-order valence-electron chi connectivity index (χ0n) is 10.9. The average Bonchev–Trinajstić information content (AvgIpc) is 2.34. The lowest BCUT2D eigenvalue weighted by atomic mass is 10.2. The van der Waals surface area contributed by atoms with Gasteiger partial charge in [0.15, 0.2) is 0 Å². The summed E-state index contributed by atoms with van der Waals surface area (Å²) < 4.78 is 15.4. The molecule has 1 rings (SSSR count). The molecule has 0 saturated heterocycles. The minimum absolute atomic E-state index is 0.125. The number of rotatable bonds is 6. The largest absolute Gasteiger partial charge is 0.495 e. The lowest BCUT2D eigenvalue weighted by Crippen LogP contribution is -2.13. The molecule has 0 fully saturated rings. The molecular formula is C13H19NO4. The zero-order chi connectivity index (χ0) is 13.5. The van der Waals surface area contributed by atoms with Gasteiger partial charge < -0.3 is 19.9 Å². The molecule has 18 heavy (non-hydrogen) atoms. The quantitative estimate of drug-likeness (QED) is 0.476. The van der Waals surface area contributed by atoms with Crippen molar-refractivity contribution >= 4 is 11.7 Å². The average molecular weight is 253 g/mol. The van der Waals surface area contributed by atoms with Crippen molar-refractivity contribution in [3.63, 3.8) is 0 Å². The Morgan fingerprint density at radius 1 is 1.33 bits per heavy atom. The summed E-state index contributed by atoms with van der Waals surface area (Å²) in [7, 11) is 1.50. The molecule has 0 radical (unpaired) electrons. The van der Waals surface area contributed by atoms with Crippen molar-refractivity contribution < 1.29 is 19.0 Å². The third-order valence-electron chi connectivity index (χ3n) is 2.24. The predicted octanol–water partition coefficient (Wildman–Crippen LogP) is 1.86. The summed E-state index contributed by atoms with van der Waals surface area (Å²) >= 11 is 0. The van der Waals surface area contributed by atoms with Crippen molar-refractivity contribution in [2.24, 2.45) is 0 Å². The molecule has 1 aromatic carbocycles. The van der Waals surface area contributed by atoms with Gasteiger partial charge in [0.2, 0.25) is 0 Å². The number of carbonyl (C=O) groups is 1. The molecule has 2 N–H and O–H groups in total. The summed E-state index contributed by atoms with van der Waals surface area (Å²) in [6.45, 7) is 4.46. The Kier molecular flexibility index (Phi) is 5.45. The SMILES string of the molecule is COc1cc(C(=O)OCCOC(C)C)ccc1N. The van der Waals surface area contributed by atoms with Crippen molar-refractivity contribution in [1.29, 1.82) is 0 Å². The Morgan fingerprint density at radius 3 is 2.67 bits per heavy atom. The maximum absolute atomic E-state index is 11.7. The van der Waals surface area contributed by atoms with Gasteiger partial charge in [-0.3, -0.25) is 0 Å². The standard InChI is InChI=1S/C13H19NO4/c1-9(2)17-6-7-18-13(15)10-4-5-11(14)12(8-10)16-3/h4-5,8-9H,6-7,14H2,1-3H3. The molecule has 0 bridgehead atoms. The summed E-state index contributed by atoms with van der Waals surface area (Å²) in [5.74, 6) is 0.0449. The molecule has 5 nitrogen and oxygen atoms in total. The van der Waals surface area contributed by atoms with Gasteiger partial charge in [-0.05, 0) is 32.0 Å². The number of nitrogen functional groups attached to an aromatic ring is 1. The molecule has 5 heteroatoms. The second-order valence-corrected chi connectivity index (χ2v) is 4.01. The van der Waals surface area contributed by atoms with E-state index in [1.54, 1.807) is 18.2 Å². The number of esters is 1. The van der Waals surface area contributed by atoms with E-state index >= 15 is 0 Å². The van der Waals surface area contributed by atoms with E-state index in [9.17, 15) is 4.79 Å². The van der Waals surface area contributed by atoms with E-state index in [4.69, 9.17) is 19.9 Å². The molecule has 0 amide bonds. The highest BCUT2D eigenvalue weighted by atomic mass is 16.6. The summed E-state index contributed by atoms with van der Waals surface area (Å²) in [5, 5.41) is 0. The van der Waals surface area contributed by atoms with Crippen LogP contribution in [-0.4, -0.2) is 32.4 Å². The van der Waals surface area contributed by atoms with Crippen LogP contribution in [0.25, 0.3) is 0 Å². The minimum atomic E-state index is -0.416. The number of nitrogens with two attached hydrogens (primary N) is 1. The molecule has 0 atom stereocenters. The number of ether oxygens (including phenoxy) is 3. The molecule has 0 spiro atoms. The highest BCUT2D eigenvalue weighted by Gasteiger charge is 2.10. The number of benzene rings is 1. The lowest BCUT2D eigenvalue weighted by Gasteiger charge is -2.09. The molecule has 0 unspecified atom stereocenters. The van der Waals surface area contributed by atoms with Crippen LogP contribution in [0, 0.1) is 0 Å². The van der Waals surface area contributed by atoms with Gasteiger partial charge in [0.05, 0.1) is 31.1 Å². The van der Waals surface area contributed by atoms with E-state index in [2.05, 4.69) is 0 Å². The molecule has 0 heterocycles. The van der Waals surface area contributed by atoms with Crippen molar-refractivity contribution in [1.82, 2.24) is 0 Å². The number of hydrogen-bond donors (Lipinski definition) is 1. The monoisotopic (exact) mass is 253 g/mol. The van der Waals surface area contributed by atoms with Crippen LogP contribution in [0.3, 0.4) is 0 Å². The van der Waals surface area contributed by atoms with Gasteiger partial charge >= 0.3 is 5.97 Å². The van der Waals surface area contributed by atoms with Gasteiger partial charge in [0.25, 0.3) is 0 Å². The Morgan fingerprint density at radius 2 is 2.06 bits per heavy atom. The molecule has 0 aliphatic carbocycles. The van der Waals surface area contributed by atoms with Crippen LogP contribution in [0.2, 0.25) is 0 Å². The fourth-order valence-corrected chi connectivity index (χ4v) is 1.34. The van der Waals surface area contributed by atoms with Crippen molar-refractivity contribution in [2.45, 2.75) is 20.0 Å². The van der Waals surface area contributed by atoms with Crippen LogP contribution in [-0.2, 0) is 9.47 Å². The third kappa shape index (κ3) is 4.25. The molecule has 0 aliphatic heterocycles. The van der Waals surface area contributed by atoms with Crippen molar-refractivity contribution in [3.8, 4) is 5.75 Å². The van der Waals surface area contributed by atoms with E-state index in [1.165, 1.54) is 7.11 Å². The van der Waals surface area contributed by atoms with Crippen molar-refractivity contribution in [2.75, 3.05) is 26.1 Å². The fourth-order valence-electron chi connectivity index (χ4n) is 1.34. The highest BCUT2D eigenvalue weighted by Crippen LogP contribution is 2.22. The zero-order valence-corrected chi connectivity index (χ0v) is 10.9. The number of hydrogen-bond acceptors (Lipinski definition) is 5. The molecular weight excluding hydrogens is 234 g/mol. The minimum Gasteiger partial charge on any atom is -0.495 e. The van der Waals surface area contributed by atoms with Gasteiger partial charge in [0.1, 0.15) is 12.4 Å². The summed E-state index contributed by atoms with van der Waals surface area (Å²) in [6.07, 6.45) is 0.125. The maximum atomic E-state index is 11.7. The second-order valence-electron chi connectivity index (χ2n) is 4.01. The van der Waals surface area contributed by atoms with Gasteiger partial charge in [-0.25, -0.2) is 4.79 Å². The topological polar surface area (TPSA) is 70.8 Å². The Labute approximate surface area is 107 Å². The maximum Gasteiger partial charge on any atom is 0.338 e. The molecule has 0 aromatic heterocycles. The van der Waals surface area contributed by atoms with Crippen LogP contribution in [0.4, 0.5) is 5.69 Å². The van der Waals surface area contributed by atoms with Crippen molar-refractivity contribution in [3.05, 3.63) is 23.8 Å². The second kappa shape index (κ2) is 6.86. The summed E-state index contributed by atoms with van der Waals surface area (Å²) in [5.41, 5.74) is 6.55. The van der Waals surface area contributed by atoms with Gasteiger partial charge in [0, 0.05) is 0 Å². The molecule has 0 saturated carbocycles. The first-order valence-electron chi connectivity index (χ1n) is 5.77. The van der Waals surface area contributed by atoms with Gasteiger partial charge in [-0.1, -0.05) is 0 Å². The number of anilines is 1. The number of methoxy groups -OCH3 is 1. The van der Waals surface area contributed by atoms with E-state index in [0.29, 0.717) is 23.6 Å². The van der Waals surface area contributed by atoms with Gasteiger partial charge in [-0.2, -0.15) is 0 Å². The Balaban J connectivity index is 2.51. The van der Waals surface area contributed by atoms with Crippen LogP contribution in [0.5, 0.6) is 5.75 Å². The van der Waals surface area contributed by atoms with Crippen LogP contribution in [0.1, 0.15) is 24.2 Å². The molecule has 100 valence electrons. The normalized spacial score (nSPS) is 10.4. The summed E-state index contributed by atoms with van der Waals surface area (Å²) in [4.78, 5) is 11.7. The van der Waals surface area contributed by atoms with Gasteiger partial charge in [-0.15, -0.1) is 0 Å². The lowest BCUT2D eigenvalue weighted by molar-refractivity contribution is 0.0177. The summed E-state index contributed by atoms with van der Waals surface area (Å²) in [6, 6.07) is 4.77. The van der Waals surface area contributed by atoms with E-state index in [-0.39, 0.29) is 12.7 Å². The smallest absolute Gasteiger partial charge is 0.338 e. The first-order valence-corrected chi connectivity index (χ1v) is 5.77. The number of carbonyl (C=O) groups excluding carboxylic acids is 1. The van der Waals surface area contributed by atoms with Crippen LogP contribution < -0.4 is 10.5 Å². The van der Waals surface area contributed by atoms with E-state index in [0.717, 1.165) is 0 Å². The first-order chi connectivity index (χ1) is 8.54.